The van der Waals surface area contributed by atoms with Crippen LogP contribution in [-0.4, -0.2) is 17.9 Å². The van der Waals surface area contributed by atoms with Crippen LogP contribution in [-0.2, 0) is 6.54 Å². The molecule has 2 aromatic rings. The Morgan fingerprint density at radius 1 is 1.15 bits per heavy atom. The van der Waals surface area contributed by atoms with Gasteiger partial charge < -0.3 is 4.90 Å². The third-order valence-electron chi connectivity index (χ3n) is 3.18. The molecule has 0 N–H and O–H groups in total. The summed E-state index contributed by atoms with van der Waals surface area (Å²) in [5.41, 5.74) is 3.03. The Kier molecular flexibility index (Phi) is 5.00. The second-order valence-electron chi connectivity index (χ2n) is 4.71. The van der Waals surface area contributed by atoms with Gasteiger partial charge in [-0.3, -0.25) is 4.79 Å². The highest BCUT2D eigenvalue weighted by atomic mass is 79.9. The van der Waals surface area contributed by atoms with E-state index in [9.17, 15) is 4.79 Å². The molecule has 0 heterocycles. The number of rotatable bonds is 3. The average molecular weight is 397 g/mol. The number of hydrogen-bond donors (Lipinski definition) is 0. The summed E-state index contributed by atoms with van der Waals surface area (Å²) in [4.78, 5) is 14.2. The second kappa shape index (κ2) is 6.55. The summed E-state index contributed by atoms with van der Waals surface area (Å²) >= 11 is 6.83. The van der Waals surface area contributed by atoms with Crippen LogP contribution in [0.3, 0.4) is 0 Å². The van der Waals surface area contributed by atoms with Gasteiger partial charge in [0.15, 0.2) is 0 Å². The standard InChI is InChI=1S/C16H15Br2NO/c1-11-5-3-4-6-12(11)10-19(2)16(20)14-8-7-13(17)9-15(14)18/h3-9H,10H2,1-2H3. The van der Waals surface area contributed by atoms with Crippen LogP contribution in [0, 0.1) is 6.92 Å². The van der Waals surface area contributed by atoms with Gasteiger partial charge in [0.25, 0.3) is 5.91 Å². The molecule has 0 atom stereocenters. The second-order valence-corrected chi connectivity index (χ2v) is 6.48. The number of amides is 1. The van der Waals surface area contributed by atoms with Gasteiger partial charge in [-0.05, 0) is 52.2 Å². The van der Waals surface area contributed by atoms with E-state index in [0.717, 1.165) is 14.5 Å². The van der Waals surface area contributed by atoms with Crippen molar-refractivity contribution in [2.75, 3.05) is 7.05 Å². The molecule has 0 radical (unpaired) electrons. The molecule has 0 spiro atoms. The van der Waals surface area contributed by atoms with Gasteiger partial charge in [-0.1, -0.05) is 40.2 Å². The predicted molar refractivity (Wildman–Crippen MR) is 88.8 cm³/mol. The first-order valence-corrected chi connectivity index (χ1v) is 7.82. The van der Waals surface area contributed by atoms with Gasteiger partial charge in [0, 0.05) is 22.5 Å². The van der Waals surface area contributed by atoms with E-state index in [2.05, 4.69) is 50.9 Å². The zero-order valence-electron chi connectivity index (χ0n) is 11.4. The van der Waals surface area contributed by atoms with E-state index < -0.39 is 0 Å². The first kappa shape index (κ1) is 15.3. The van der Waals surface area contributed by atoms with E-state index in [0.29, 0.717) is 12.1 Å². The molecule has 0 bridgehead atoms. The van der Waals surface area contributed by atoms with Crippen molar-refractivity contribution in [3.8, 4) is 0 Å². The number of carbonyl (C=O) groups excluding carboxylic acids is 1. The zero-order valence-corrected chi connectivity index (χ0v) is 14.5. The maximum Gasteiger partial charge on any atom is 0.255 e. The lowest BCUT2D eigenvalue weighted by Gasteiger charge is -2.19. The SMILES string of the molecule is Cc1ccccc1CN(C)C(=O)c1ccc(Br)cc1Br. The maximum atomic E-state index is 12.5. The average Bonchev–Trinajstić information content (AvgIpc) is 2.40. The van der Waals surface area contributed by atoms with Crippen molar-refractivity contribution in [1.82, 2.24) is 4.90 Å². The minimum Gasteiger partial charge on any atom is -0.337 e. The van der Waals surface area contributed by atoms with E-state index in [1.165, 1.54) is 5.56 Å². The van der Waals surface area contributed by atoms with Crippen LogP contribution >= 0.6 is 31.9 Å². The largest absolute Gasteiger partial charge is 0.337 e. The molecule has 104 valence electrons. The number of nitrogens with zero attached hydrogens (tertiary/aromatic N) is 1. The van der Waals surface area contributed by atoms with E-state index in [1.54, 1.807) is 4.90 Å². The van der Waals surface area contributed by atoms with E-state index in [1.807, 2.05) is 37.4 Å². The molecule has 0 aromatic heterocycles. The summed E-state index contributed by atoms with van der Waals surface area (Å²) in [6, 6.07) is 13.7. The molecule has 0 saturated heterocycles. The van der Waals surface area contributed by atoms with Gasteiger partial charge >= 0.3 is 0 Å². The lowest BCUT2D eigenvalue weighted by molar-refractivity contribution is 0.0784. The van der Waals surface area contributed by atoms with E-state index in [-0.39, 0.29) is 5.91 Å². The number of benzene rings is 2. The molecule has 4 heteroatoms. The summed E-state index contributed by atoms with van der Waals surface area (Å²) in [6.45, 7) is 2.66. The number of aryl methyl sites for hydroxylation is 1. The predicted octanol–water partition coefficient (Wildman–Crippen LogP) is 4.79. The molecule has 0 aliphatic carbocycles. The van der Waals surface area contributed by atoms with Gasteiger partial charge in [0.05, 0.1) is 5.56 Å². The minimum absolute atomic E-state index is 0.00706. The van der Waals surface area contributed by atoms with Crippen LogP contribution in [0.5, 0.6) is 0 Å². The van der Waals surface area contributed by atoms with Crippen LogP contribution < -0.4 is 0 Å². The lowest BCUT2D eigenvalue weighted by Crippen LogP contribution is -2.26. The van der Waals surface area contributed by atoms with Crippen molar-refractivity contribution in [3.63, 3.8) is 0 Å². The Balaban J connectivity index is 2.19. The first-order valence-electron chi connectivity index (χ1n) is 6.24. The van der Waals surface area contributed by atoms with Crippen molar-refractivity contribution in [3.05, 3.63) is 68.1 Å². The highest BCUT2D eigenvalue weighted by Gasteiger charge is 2.15. The molecule has 2 rings (SSSR count). The quantitative estimate of drug-likeness (QED) is 0.730. The summed E-state index contributed by atoms with van der Waals surface area (Å²) in [7, 11) is 1.82. The van der Waals surface area contributed by atoms with Gasteiger partial charge in [-0.2, -0.15) is 0 Å². The summed E-state index contributed by atoms with van der Waals surface area (Å²) in [6.07, 6.45) is 0. The number of carbonyl (C=O) groups is 1. The molecule has 0 unspecified atom stereocenters. The lowest BCUT2D eigenvalue weighted by atomic mass is 10.1. The Morgan fingerprint density at radius 3 is 2.50 bits per heavy atom. The Morgan fingerprint density at radius 2 is 1.85 bits per heavy atom. The molecule has 0 aliphatic rings. The fourth-order valence-electron chi connectivity index (χ4n) is 1.98. The zero-order chi connectivity index (χ0) is 14.7. The third-order valence-corrected chi connectivity index (χ3v) is 4.33. The van der Waals surface area contributed by atoms with Crippen LogP contribution in [0.15, 0.2) is 51.4 Å². The molecule has 20 heavy (non-hydrogen) atoms. The minimum atomic E-state index is 0.00706. The molecule has 2 nitrogen and oxygen atoms in total. The smallest absolute Gasteiger partial charge is 0.255 e. The Bertz CT molecular complexity index is 640. The van der Waals surface area contributed by atoms with Gasteiger partial charge in [-0.15, -0.1) is 0 Å². The number of hydrogen-bond acceptors (Lipinski definition) is 1. The van der Waals surface area contributed by atoms with Crippen molar-refractivity contribution in [2.45, 2.75) is 13.5 Å². The van der Waals surface area contributed by atoms with Gasteiger partial charge in [-0.25, -0.2) is 0 Å². The van der Waals surface area contributed by atoms with Crippen LogP contribution in [0.2, 0.25) is 0 Å². The Labute approximate surface area is 136 Å². The molecule has 1 amide bonds. The fraction of sp³-hybridized carbons (Fsp3) is 0.188. The van der Waals surface area contributed by atoms with E-state index >= 15 is 0 Å². The molecular weight excluding hydrogens is 382 g/mol. The summed E-state index contributed by atoms with van der Waals surface area (Å²) in [5.74, 6) is 0.00706. The van der Waals surface area contributed by atoms with Gasteiger partial charge in [0.2, 0.25) is 0 Å². The molecular formula is C16H15Br2NO. The van der Waals surface area contributed by atoms with Crippen LogP contribution in [0.1, 0.15) is 21.5 Å². The molecule has 0 saturated carbocycles. The molecule has 0 aliphatic heterocycles. The third kappa shape index (κ3) is 3.49. The Hall–Kier alpha value is -1.13. The summed E-state index contributed by atoms with van der Waals surface area (Å²) in [5, 5.41) is 0. The fourth-order valence-corrected chi connectivity index (χ4v) is 3.20. The van der Waals surface area contributed by atoms with Crippen molar-refractivity contribution >= 4 is 37.8 Å². The van der Waals surface area contributed by atoms with Crippen molar-refractivity contribution < 1.29 is 4.79 Å². The highest BCUT2D eigenvalue weighted by molar-refractivity contribution is 9.11. The number of halogens is 2. The topological polar surface area (TPSA) is 20.3 Å². The monoisotopic (exact) mass is 395 g/mol. The van der Waals surface area contributed by atoms with Crippen LogP contribution in [0.4, 0.5) is 0 Å². The maximum absolute atomic E-state index is 12.5. The van der Waals surface area contributed by atoms with Crippen molar-refractivity contribution in [1.29, 1.82) is 0 Å². The summed E-state index contributed by atoms with van der Waals surface area (Å²) < 4.78 is 1.75. The first-order chi connectivity index (χ1) is 9.49. The molecule has 2 aromatic carbocycles. The molecule has 0 fully saturated rings. The normalized spacial score (nSPS) is 10.4. The highest BCUT2D eigenvalue weighted by Crippen LogP contribution is 2.23. The van der Waals surface area contributed by atoms with Gasteiger partial charge in [0.1, 0.15) is 0 Å². The van der Waals surface area contributed by atoms with Crippen LogP contribution in [0.25, 0.3) is 0 Å². The van der Waals surface area contributed by atoms with E-state index in [4.69, 9.17) is 0 Å². The van der Waals surface area contributed by atoms with Crippen molar-refractivity contribution in [2.24, 2.45) is 0 Å².